The molecule has 0 aromatic carbocycles. The maximum absolute atomic E-state index is 4.33. The lowest BCUT2D eigenvalue weighted by Gasteiger charge is -2.37. The molecule has 2 N–H and O–H groups in total. The first-order valence-corrected chi connectivity index (χ1v) is 9.46. The predicted molar refractivity (Wildman–Crippen MR) is 100 cm³/mol. The first-order chi connectivity index (χ1) is 11.1. The van der Waals surface area contributed by atoms with Gasteiger partial charge in [-0.15, -0.1) is 11.3 Å². The van der Waals surface area contributed by atoms with E-state index in [9.17, 15) is 0 Å². The molecule has 23 heavy (non-hydrogen) atoms. The maximum Gasteiger partial charge on any atom is 0.191 e. The Kier molecular flexibility index (Phi) is 7.33. The summed E-state index contributed by atoms with van der Waals surface area (Å²) in [6, 6.07) is 2.69. The molecule has 1 aliphatic rings. The van der Waals surface area contributed by atoms with Crippen molar-refractivity contribution in [1.29, 1.82) is 0 Å². The number of nitrogens with zero attached hydrogens (tertiary/aromatic N) is 3. The van der Waals surface area contributed by atoms with Gasteiger partial charge in [0.1, 0.15) is 0 Å². The van der Waals surface area contributed by atoms with E-state index >= 15 is 0 Å². The number of thiophene rings is 1. The van der Waals surface area contributed by atoms with E-state index in [4.69, 9.17) is 0 Å². The number of hydrogen-bond acceptors (Lipinski definition) is 4. The molecule has 1 fully saturated rings. The number of hydrogen-bond donors (Lipinski definition) is 2. The summed E-state index contributed by atoms with van der Waals surface area (Å²) in [7, 11) is 1.83. The Morgan fingerprint density at radius 2 is 2.04 bits per heavy atom. The third-order valence-electron chi connectivity index (χ3n) is 4.65. The lowest BCUT2D eigenvalue weighted by molar-refractivity contribution is 0.107. The largest absolute Gasteiger partial charge is 0.355 e. The van der Waals surface area contributed by atoms with Crippen LogP contribution in [0.25, 0.3) is 0 Å². The lowest BCUT2D eigenvalue weighted by atomic mass is 10.2. The molecule has 5 nitrogen and oxygen atoms in total. The second kappa shape index (κ2) is 9.25. The van der Waals surface area contributed by atoms with Gasteiger partial charge < -0.3 is 15.5 Å². The first-order valence-electron chi connectivity index (χ1n) is 8.58. The van der Waals surface area contributed by atoms with E-state index in [2.05, 4.69) is 57.6 Å². The van der Waals surface area contributed by atoms with Crippen molar-refractivity contribution in [1.82, 2.24) is 20.4 Å². The minimum Gasteiger partial charge on any atom is -0.355 e. The van der Waals surface area contributed by atoms with Crippen LogP contribution in [0.5, 0.6) is 0 Å². The van der Waals surface area contributed by atoms with E-state index in [1.165, 1.54) is 30.1 Å². The predicted octanol–water partition coefficient (Wildman–Crippen LogP) is 1.75. The third-order valence-corrected chi connectivity index (χ3v) is 5.67. The van der Waals surface area contributed by atoms with Gasteiger partial charge in [0.15, 0.2) is 5.96 Å². The van der Waals surface area contributed by atoms with Crippen LogP contribution in [0.15, 0.2) is 16.4 Å². The van der Waals surface area contributed by atoms with Crippen molar-refractivity contribution in [2.75, 3.05) is 46.3 Å². The highest BCUT2D eigenvalue weighted by molar-refractivity contribution is 7.10. The Balaban J connectivity index is 1.71. The number of rotatable bonds is 6. The highest BCUT2D eigenvalue weighted by Gasteiger charge is 2.20. The van der Waals surface area contributed by atoms with Crippen LogP contribution < -0.4 is 10.6 Å². The van der Waals surface area contributed by atoms with Crippen LogP contribution in [0.2, 0.25) is 0 Å². The highest BCUT2D eigenvalue weighted by atomic mass is 32.1. The molecule has 0 radical (unpaired) electrons. The van der Waals surface area contributed by atoms with Crippen LogP contribution in [0.4, 0.5) is 0 Å². The molecule has 130 valence electrons. The van der Waals surface area contributed by atoms with Crippen molar-refractivity contribution in [3.63, 3.8) is 0 Å². The number of likely N-dealkylation sites (N-methyl/N-ethyl adjacent to an activating group) is 1. The van der Waals surface area contributed by atoms with Crippen LogP contribution in [0, 0.1) is 6.92 Å². The molecule has 1 aromatic heterocycles. The molecular formula is C17H31N5S. The summed E-state index contributed by atoms with van der Waals surface area (Å²) < 4.78 is 0. The molecule has 1 atom stereocenters. The number of guanidine groups is 1. The molecule has 0 amide bonds. The Bertz CT molecular complexity index is 491. The Morgan fingerprint density at radius 3 is 2.61 bits per heavy atom. The number of aliphatic imine (C=N–C) groups is 1. The fourth-order valence-electron chi connectivity index (χ4n) is 2.86. The maximum atomic E-state index is 4.33. The molecule has 1 unspecified atom stereocenters. The van der Waals surface area contributed by atoms with E-state index in [0.29, 0.717) is 6.04 Å². The van der Waals surface area contributed by atoms with Crippen molar-refractivity contribution in [3.8, 4) is 0 Å². The average Bonchev–Trinajstić information content (AvgIpc) is 3.00. The minimum absolute atomic E-state index is 0.524. The van der Waals surface area contributed by atoms with Crippen LogP contribution in [0.3, 0.4) is 0 Å². The fourth-order valence-corrected chi connectivity index (χ4v) is 3.71. The normalized spacial score (nSPS) is 18.9. The number of piperazine rings is 1. The van der Waals surface area contributed by atoms with E-state index in [1.54, 1.807) is 11.3 Å². The zero-order valence-electron chi connectivity index (χ0n) is 14.9. The summed E-state index contributed by atoms with van der Waals surface area (Å²) in [6.07, 6.45) is 0. The second-order valence-corrected chi connectivity index (χ2v) is 7.15. The van der Waals surface area contributed by atoms with Gasteiger partial charge >= 0.3 is 0 Å². The van der Waals surface area contributed by atoms with Gasteiger partial charge in [0.2, 0.25) is 0 Å². The molecule has 1 aliphatic heterocycles. The Labute approximate surface area is 144 Å². The van der Waals surface area contributed by atoms with Crippen LogP contribution >= 0.6 is 11.3 Å². The van der Waals surface area contributed by atoms with Crippen molar-refractivity contribution in [2.45, 2.75) is 33.4 Å². The van der Waals surface area contributed by atoms with Gasteiger partial charge in [-0.25, -0.2) is 0 Å². The summed E-state index contributed by atoms with van der Waals surface area (Å²) in [5, 5.41) is 9.01. The van der Waals surface area contributed by atoms with Gasteiger partial charge in [0, 0.05) is 50.7 Å². The molecule has 0 aliphatic carbocycles. The molecular weight excluding hydrogens is 306 g/mol. The second-order valence-electron chi connectivity index (χ2n) is 6.15. The van der Waals surface area contributed by atoms with Gasteiger partial charge in [-0.05, 0) is 37.4 Å². The van der Waals surface area contributed by atoms with Gasteiger partial charge in [0.25, 0.3) is 0 Å². The summed E-state index contributed by atoms with van der Waals surface area (Å²) in [6.45, 7) is 14.3. The lowest BCUT2D eigenvalue weighted by Crippen LogP contribution is -2.53. The molecule has 1 aromatic rings. The highest BCUT2D eigenvalue weighted by Crippen LogP contribution is 2.14. The van der Waals surface area contributed by atoms with Gasteiger partial charge in [-0.2, -0.15) is 0 Å². The quantitative estimate of drug-likeness (QED) is 0.613. The summed E-state index contributed by atoms with van der Waals surface area (Å²) in [5.74, 6) is 0.886. The van der Waals surface area contributed by atoms with Crippen LogP contribution in [-0.2, 0) is 6.54 Å². The molecule has 6 heteroatoms. The van der Waals surface area contributed by atoms with Crippen molar-refractivity contribution >= 4 is 17.3 Å². The molecule has 2 heterocycles. The topological polar surface area (TPSA) is 42.9 Å². The molecule has 1 saturated heterocycles. The van der Waals surface area contributed by atoms with Crippen LogP contribution in [0.1, 0.15) is 24.3 Å². The van der Waals surface area contributed by atoms with Gasteiger partial charge in [-0.1, -0.05) is 6.92 Å². The van der Waals surface area contributed by atoms with Crippen molar-refractivity contribution in [2.24, 2.45) is 4.99 Å². The molecule has 0 bridgehead atoms. The Morgan fingerprint density at radius 1 is 1.30 bits per heavy atom. The van der Waals surface area contributed by atoms with Crippen molar-refractivity contribution < 1.29 is 0 Å². The van der Waals surface area contributed by atoms with Crippen molar-refractivity contribution in [3.05, 3.63) is 21.9 Å². The van der Waals surface area contributed by atoms with Crippen LogP contribution in [-0.4, -0.2) is 68.1 Å². The van der Waals surface area contributed by atoms with E-state index in [1.807, 2.05) is 7.05 Å². The fraction of sp³-hybridized carbons (Fsp3) is 0.706. The molecule has 0 saturated carbocycles. The minimum atomic E-state index is 0.524. The number of aryl methyl sites for hydroxylation is 1. The summed E-state index contributed by atoms with van der Waals surface area (Å²) in [4.78, 5) is 10.8. The average molecular weight is 338 g/mol. The van der Waals surface area contributed by atoms with E-state index < -0.39 is 0 Å². The SMILES string of the molecule is CCN1CCN(C(C)CNC(=NC)NCc2sccc2C)CC1. The number of nitrogens with one attached hydrogen (secondary N) is 2. The molecule has 0 spiro atoms. The third kappa shape index (κ3) is 5.48. The standard InChI is InChI=1S/C17H31N5S/c1-5-21-7-9-22(10-8-21)15(3)12-19-17(18-4)20-13-16-14(2)6-11-23-16/h6,11,15H,5,7-10,12-13H2,1-4H3,(H2,18,19,20). The van der Waals surface area contributed by atoms with E-state index in [-0.39, 0.29) is 0 Å². The van der Waals surface area contributed by atoms with Gasteiger partial charge in [-0.3, -0.25) is 9.89 Å². The van der Waals surface area contributed by atoms with Gasteiger partial charge in [0.05, 0.1) is 6.54 Å². The monoisotopic (exact) mass is 337 g/mol. The zero-order chi connectivity index (χ0) is 16.7. The smallest absolute Gasteiger partial charge is 0.191 e. The first kappa shape index (κ1) is 18.2. The Hall–Kier alpha value is -1.11. The molecule has 2 rings (SSSR count). The zero-order valence-corrected chi connectivity index (χ0v) is 15.7. The summed E-state index contributed by atoms with van der Waals surface area (Å²) in [5.41, 5.74) is 1.35. The summed E-state index contributed by atoms with van der Waals surface area (Å²) >= 11 is 1.79. The van der Waals surface area contributed by atoms with E-state index in [0.717, 1.165) is 32.1 Å².